The fourth-order valence-electron chi connectivity index (χ4n) is 3.39. The molecule has 1 fully saturated rings. The molecule has 1 amide bonds. The summed E-state index contributed by atoms with van der Waals surface area (Å²) in [5, 5.41) is 0.603. The standard InChI is InChI=1S/C20H21ClF3N3O3/c1-30-17-5-4-15(21)11-14(17)12-25-7-9-26(10-8-25)18(28)13-27-6-2-3-16(19(27)29)20(22,23)24/h2-6,11H,7-10,12-13H2,1H3. The van der Waals surface area contributed by atoms with Gasteiger partial charge >= 0.3 is 6.18 Å². The van der Waals surface area contributed by atoms with Crippen molar-refractivity contribution in [3.63, 3.8) is 0 Å². The van der Waals surface area contributed by atoms with Gasteiger partial charge in [-0.15, -0.1) is 0 Å². The predicted octanol–water partition coefficient (Wildman–Crippen LogP) is 2.87. The molecule has 1 saturated heterocycles. The van der Waals surface area contributed by atoms with Crippen LogP contribution >= 0.6 is 11.6 Å². The maximum Gasteiger partial charge on any atom is 0.421 e. The number of carbonyl (C=O) groups excluding carboxylic acids is 1. The maximum absolute atomic E-state index is 12.9. The van der Waals surface area contributed by atoms with Crippen molar-refractivity contribution >= 4 is 17.5 Å². The van der Waals surface area contributed by atoms with Crippen LogP contribution in [-0.4, -0.2) is 53.6 Å². The Kier molecular flexibility index (Phi) is 6.72. The first-order valence-corrected chi connectivity index (χ1v) is 9.66. The van der Waals surface area contributed by atoms with Gasteiger partial charge in [-0.2, -0.15) is 13.2 Å². The zero-order chi connectivity index (χ0) is 21.9. The lowest BCUT2D eigenvalue weighted by Crippen LogP contribution is -2.49. The van der Waals surface area contributed by atoms with E-state index in [0.717, 1.165) is 21.9 Å². The third-order valence-corrected chi connectivity index (χ3v) is 5.23. The molecule has 1 aliphatic heterocycles. The van der Waals surface area contributed by atoms with Gasteiger partial charge in [0.2, 0.25) is 5.91 Å². The van der Waals surface area contributed by atoms with E-state index in [-0.39, 0.29) is 0 Å². The number of alkyl halides is 3. The molecule has 1 aromatic heterocycles. The van der Waals surface area contributed by atoms with E-state index in [4.69, 9.17) is 16.3 Å². The monoisotopic (exact) mass is 443 g/mol. The van der Waals surface area contributed by atoms with Crippen molar-refractivity contribution in [1.29, 1.82) is 0 Å². The fourth-order valence-corrected chi connectivity index (χ4v) is 3.58. The summed E-state index contributed by atoms with van der Waals surface area (Å²) < 4.78 is 44.8. The topological polar surface area (TPSA) is 54.8 Å². The van der Waals surface area contributed by atoms with Crippen LogP contribution in [0, 0.1) is 0 Å². The van der Waals surface area contributed by atoms with E-state index >= 15 is 0 Å². The normalized spacial score (nSPS) is 15.3. The molecule has 0 spiro atoms. The molecular weight excluding hydrogens is 423 g/mol. The molecule has 3 rings (SSSR count). The number of benzene rings is 1. The van der Waals surface area contributed by atoms with E-state index in [9.17, 15) is 22.8 Å². The van der Waals surface area contributed by atoms with Crippen molar-refractivity contribution < 1.29 is 22.7 Å². The minimum Gasteiger partial charge on any atom is -0.496 e. The number of hydrogen-bond donors (Lipinski definition) is 0. The summed E-state index contributed by atoms with van der Waals surface area (Å²) in [4.78, 5) is 28.2. The number of ether oxygens (including phenoxy) is 1. The number of carbonyl (C=O) groups is 1. The van der Waals surface area contributed by atoms with Gasteiger partial charge in [0.25, 0.3) is 5.56 Å². The largest absolute Gasteiger partial charge is 0.496 e. The van der Waals surface area contributed by atoms with Crippen LogP contribution < -0.4 is 10.3 Å². The van der Waals surface area contributed by atoms with Gasteiger partial charge in [-0.3, -0.25) is 14.5 Å². The molecule has 6 nitrogen and oxygen atoms in total. The van der Waals surface area contributed by atoms with Crippen LogP contribution in [0.1, 0.15) is 11.1 Å². The fraction of sp³-hybridized carbons (Fsp3) is 0.400. The Morgan fingerprint density at radius 1 is 1.17 bits per heavy atom. The number of amides is 1. The van der Waals surface area contributed by atoms with Gasteiger partial charge in [0.1, 0.15) is 17.9 Å². The van der Waals surface area contributed by atoms with E-state index in [1.54, 1.807) is 24.1 Å². The first kappa shape index (κ1) is 22.2. The highest BCUT2D eigenvalue weighted by Gasteiger charge is 2.34. The first-order chi connectivity index (χ1) is 14.2. The molecule has 2 aromatic rings. The first-order valence-electron chi connectivity index (χ1n) is 9.28. The van der Waals surface area contributed by atoms with Gasteiger partial charge in [-0.05, 0) is 30.3 Å². The minimum absolute atomic E-state index is 0.392. The number of hydrogen-bond acceptors (Lipinski definition) is 4. The summed E-state index contributed by atoms with van der Waals surface area (Å²) in [7, 11) is 1.58. The molecule has 0 N–H and O–H groups in total. The summed E-state index contributed by atoms with van der Waals surface area (Å²) in [5.41, 5.74) is -1.57. The van der Waals surface area contributed by atoms with Gasteiger partial charge in [-0.1, -0.05) is 11.6 Å². The molecule has 162 valence electrons. The van der Waals surface area contributed by atoms with Gasteiger partial charge in [-0.25, -0.2) is 0 Å². The van der Waals surface area contributed by atoms with Crippen molar-refractivity contribution in [2.24, 2.45) is 0 Å². The minimum atomic E-state index is -4.75. The van der Waals surface area contributed by atoms with Gasteiger partial charge in [0.05, 0.1) is 7.11 Å². The number of nitrogens with zero attached hydrogens (tertiary/aromatic N) is 3. The van der Waals surface area contributed by atoms with Crippen molar-refractivity contribution in [3.05, 3.63) is 63.0 Å². The van der Waals surface area contributed by atoms with Gasteiger partial charge in [0, 0.05) is 49.5 Å². The molecule has 0 radical (unpaired) electrons. The highest BCUT2D eigenvalue weighted by molar-refractivity contribution is 6.30. The summed E-state index contributed by atoms with van der Waals surface area (Å²) >= 11 is 6.06. The molecule has 0 saturated carbocycles. The highest BCUT2D eigenvalue weighted by atomic mass is 35.5. The van der Waals surface area contributed by atoms with Gasteiger partial charge in [0.15, 0.2) is 0 Å². The smallest absolute Gasteiger partial charge is 0.421 e. The second kappa shape index (κ2) is 9.09. The second-order valence-corrected chi connectivity index (χ2v) is 7.40. The van der Waals surface area contributed by atoms with Gasteiger partial charge < -0.3 is 14.2 Å². The van der Waals surface area contributed by atoms with E-state index in [0.29, 0.717) is 43.8 Å². The Balaban J connectivity index is 1.60. The zero-order valence-electron chi connectivity index (χ0n) is 16.3. The zero-order valence-corrected chi connectivity index (χ0v) is 17.0. The molecule has 0 unspecified atom stereocenters. The van der Waals surface area contributed by atoms with Crippen molar-refractivity contribution in [1.82, 2.24) is 14.4 Å². The van der Waals surface area contributed by atoms with E-state index < -0.39 is 29.8 Å². The van der Waals surface area contributed by atoms with Crippen molar-refractivity contribution in [2.45, 2.75) is 19.3 Å². The SMILES string of the molecule is COc1ccc(Cl)cc1CN1CCN(C(=O)Cn2cccc(C(F)(F)F)c2=O)CC1. The molecule has 1 aliphatic rings. The lowest BCUT2D eigenvalue weighted by atomic mass is 10.1. The Hall–Kier alpha value is -2.52. The molecule has 10 heteroatoms. The number of rotatable bonds is 5. The Morgan fingerprint density at radius 3 is 2.50 bits per heavy atom. The van der Waals surface area contributed by atoms with Crippen LogP contribution in [0.3, 0.4) is 0 Å². The van der Waals surface area contributed by atoms with E-state index in [1.165, 1.54) is 6.20 Å². The van der Waals surface area contributed by atoms with Crippen LogP contribution in [0.2, 0.25) is 5.02 Å². The lowest BCUT2D eigenvalue weighted by Gasteiger charge is -2.35. The predicted molar refractivity (Wildman–Crippen MR) is 106 cm³/mol. The molecule has 2 heterocycles. The summed E-state index contributed by atoms with van der Waals surface area (Å²) in [6, 6.07) is 7.21. The number of piperazine rings is 1. The average Bonchev–Trinajstić information content (AvgIpc) is 2.69. The van der Waals surface area contributed by atoms with Crippen LogP contribution in [0.15, 0.2) is 41.3 Å². The van der Waals surface area contributed by atoms with E-state index in [2.05, 4.69) is 4.90 Å². The second-order valence-electron chi connectivity index (χ2n) is 6.97. The third-order valence-electron chi connectivity index (χ3n) is 4.99. The van der Waals surface area contributed by atoms with Crippen LogP contribution in [-0.2, 0) is 24.1 Å². The average molecular weight is 444 g/mol. The number of methoxy groups -OCH3 is 1. The summed E-state index contributed by atoms with van der Waals surface area (Å²) in [6.07, 6.45) is -3.56. The summed E-state index contributed by atoms with van der Waals surface area (Å²) in [5.74, 6) is 0.332. The Labute approximate surface area is 176 Å². The highest BCUT2D eigenvalue weighted by Crippen LogP contribution is 2.26. The Morgan fingerprint density at radius 2 is 1.87 bits per heavy atom. The van der Waals surface area contributed by atoms with Crippen LogP contribution in [0.25, 0.3) is 0 Å². The van der Waals surface area contributed by atoms with Crippen LogP contribution in [0.4, 0.5) is 13.2 Å². The molecule has 1 aromatic carbocycles. The number of aromatic nitrogens is 1. The molecular formula is C20H21ClF3N3O3. The third kappa shape index (κ3) is 5.14. The Bertz CT molecular complexity index is 970. The molecule has 0 bridgehead atoms. The van der Waals surface area contributed by atoms with Crippen LogP contribution in [0.5, 0.6) is 5.75 Å². The molecule has 30 heavy (non-hydrogen) atoms. The molecule has 0 aliphatic carbocycles. The van der Waals surface area contributed by atoms with Crippen molar-refractivity contribution in [3.8, 4) is 5.75 Å². The van der Waals surface area contributed by atoms with E-state index in [1.807, 2.05) is 6.07 Å². The quantitative estimate of drug-likeness (QED) is 0.713. The molecule has 0 atom stereocenters. The number of pyridine rings is 1. The van der Waals surface area contributed by atoms with Crippen molar-refractivity contribution in [2.75, 3.05) is 33.3 Å². The summed E-state index contributed by atoms with van der Waals surface area (Å²) in [6.45, 7) is 2.16. The maximum atomic E-state index is 12.9. The number of halogens is 4. The lowest BCUT2D eigenvalue weighted by molar-refractivity contribution is -0.140.